The van der Waals surface area contributed by atoms with Crippen molar-refractivity contribution >= 4 is 22.7 Å². The minimum Gasteiger partial charge on any atom is -0.366 e. The number of fused-ring (bicyclic) bond motifs is 1. The molecule has 1 amide bonds. The fraction of sp³-hybridized carbons (Fsp3) is 0.0769. The maximum Gasteiger partial charge on any atom is 0.350 e. The third-order valence-electron chi connectivity index (χ3n) is 5.83. The van der Waals surface area contributed by atoms with Gasteiger partial charge in [-0.1, -0.05) is 36.4 Å². The van der Waals surface area contributed by atoms with E-state index in [1.165, 1.54) is 15.6 Å². The van der Waals surface area contributed by atoms with Crippen molar-refractivity contribution in [2.24, 2.45) is 12.8 Å². The summed E-state index contributed by atoms with van der Waals surface area (Å²) < 4.78 is 4.38. The van der Waals surface area contributed by atoms with E-state index < -0.39 is 5.91 Å². The van der Waals surface area contributed by atoms with E-state index in [1.54, 1.807) is 42.1 Å². The molecule has 0 radical (unpaired) electrons. The van der Waals surface area contributed by atoms with Crippen molar-refractivity contribution in [1.82, 2.24) is 18.9 Å². The average molecular weight is 451 g/mol. The van der Waals surface area contributed by atoms with Gasteiger partial charge in [-0.05, 0) is 53.1 Å². The molecule has 3 aromatic carbocycles. The van der Waals surface area contributed by atoms with Crippen LogP contribution in [0.4, 0.5) is 0 Å². The van der Waals surface area contributed by atoms with Crippen molar-refractivity contribution in [3.63, 3.8) is 0 Å². The summed E-state index contributed by atoms with van der Waals surface area (Å²) in [6.07, 6.45) is 3.39. The van der Waals surface area contributed by atoms with Gasteiger partial charge >= 0.3 is 5.69 Å². The summed E-state index contributed by atoms with van der Waals surface area (Å²) in [7, 11) is 1.60. The number of primary amides is 1. The molecule has 0 fully saturated rings. The van der Waals surface area contributed by atoms with Gasteiger partial charge in [0, 0.05) is 24.2 Å². The number of aryl methyl sites for hydroxylation is 1. The van der Waals surface area contributed by atoms with Crippen LogP contribution in [0.3, 0.4) is 0 Å². The number of hydrogen-bond donors (Lipinski definition) is 1. The third kappa shape index (κ3) is 3.81. The molecular formula is C26H21N5O3. The summed E-state index contributed by atoms with van der Waals surface area (Å²) in [6.45, 7) is 0. The molecule has 0 bridgehead atoms. The molecular weight excluding hydrogens is 430 g/mol. The molecule has 0 unspecified atom stereocenters. The lowest BCUT2D eigenvalue weighted by Gasteiger charge is -2.08. The number of amides is 1. The topological polar surface area (TPSA) is 105 Å². The number of nitrogens with two attached hydrogens (primary N) is 1. The van der Waals surface area contributed by atoms with Crippen LogP contribution in [-0.2, 0) is 13.5 Å². The van der Waals surface area contributed by atoms with Gasteiger partial charge < -0.3 is 5.73 Å². The number of rotatable bonds is 5. The Kier molecular flexibility index (Phi) is 5.18. The molecule has 2 aromatic heterocycles. The molecule has 168 valence electrons. The quantitative estimate of drug-likeness (QED) is 0.443. The Labute approximate surface area is 194 Å². The zero-order chi connectivity index (χ0) is 23.8. The second-order valence-corrected chi connectivity index (χ2v) is 8.05. The highest BCUT2D eigenvalue weighted by Gasteiger charge is 2.13. The van der Waals surface area contributed by atoms with Gasteiger partial charge in [0.25, 0.3) is 0 Å². The molecule has 0 aliphatic rings. The molecule has 8 nitrogen and oxygen atoms in total. The monoisotopic (exact) mass is 451 g/mol. The molecule has 2 heterocycles. The van der Waals surface area contributed by atoms with Crippen LogP contribution in [0.2, 0.25) is 0 Å². The van der Waals surface area contributed by atoms with E-state index in [4.69, 9.17) is 5.73 Å². The molecule has 8 heteroatoms. The summed E-state index contributed by atoms with van der Waals surface area (Å²) in [5, 5.41) is 4.93. The Hall–Kier alpha value is -4.72. The SMILES string of the molecule is Cn1ncn(-c2ccc(-c3ccc4ccn(C(=O)Cc5cccc(C(N)=O)c5)c4c3)cc2)c1=O. The lowest BCUT2D eigenvalue weighted by molar-refractivity contribution is 0.0917. The van der Waals surface area contributed by atoms with Crippen LogP contribution in [0.25, 0.3) is 27.7 Å². The molecule has 0 aliphatic heterocycles. The number of carbonyl (C=O) groups is 2. The van der Waals surface area contributed by atoms with Gasteiger partial charge in [0.05, 0.1) is 17.6 Å². The fourth-order valence-corrected chi connectivity index (χ4v) is 4.00. The molecule has 0 spiro atoms. The molecule has 0 atom stereocenters. The van der Waals surface area contributed by atoms with Gasteiger partial charge in [-0.3, -0.25) is 14.2 Å². The van der Waals surface area contributed by atoms with E-state index in [1.807, 2.05) is 48.5 Å². The number of carbonyl (C=O) groups excluding carboxylic acids is 2. The van der Waals surface area contributed by atoms with Crippen molar-refractivity contribution in [3.05, 3.63) is 107 Å². The maximum atomic E-state index is 13.1. The lowest BCUT2D eigenvalue weighted by Crippen LogP contribution is -2.21. The molecule has 5 rings (SSSR count). The fourth-order valence-electron chi connectivity index (χ4n) is 4.00. The number of aromatic nitrogens is 4. The standard InChI is InChI=1S/C26H21N5O3/c1-29-26(34)31(16-28-29)22-9-7-18(8-10-22)20-6-5-19-11-12-30(23(19)15-20)24(32)14-17-3-2-4-21(13-17)25(27)33/h2-13,15-16H,14H2,1H3,(H2,27,33). The van der Waals surface area contributed by atoms with E-state index in [-0.39, 0.29) is 18.0 Å². The van der Waals surface area contributed by atoms with Gasteiger partial charge in [-0.15, -0.1) is 0 Å². The summed E-state index contributed by atoms with van der Waals surface area (Å²) in [4.78, 5) is 36.6. The summed E-state index contributed by atoms with van der Waals surface area (Å²) in [5.74, 6) is -0.634. The van der Waals surface area contributed by atoms with Gasteiger partial charge in [0.1, 0.15) is 6.33 Å². The van der Waals surface area contributed by atoms with Crippen LogP contribution in [0.5, 0.6) is 0 Å². The molecule has 34 heavy (non-hydrogen) atoms. The van der Waals surface area contributed by atoms with E-state index >= 15 is 0 Å². The minimum absolute atomic E-state index is 0.111. The Bertz CT molecular complexity index is 1610. The smallest absolute Gasteiger partial charge is 0.350 e. The molecule has 2 N–H and O–H groups in total. The Morgan fingerprint density at radius 2 is 1.71 bits per heavy atom. The molecule has 0 aliphatic carbocycles. The van der Waals surface area contributed by atoms with Gasteiger partial charge in [-0.2, -0.15) is 5.10 Å². The van der Waals surface area contributed by atoms with Crippen LogP contribution in [0.15, 0.2) is 90.1 Å². The largest absolute Gasteiger partial charge is 0.366 e. The Morgan fingerprint density at radius 3 is 2.41 bits per heavy atom. The Balaban J connectivity index is 1.44. The second-order valence-electron chi connectivity index (χ2n) is 8.05. The zero-order valence-corrected chi connectivity index (χ0v) is 18.4. The van der Waals surface area contributed by atoms with E-state index in [2.05, 4.69) is 5.10 Å². The Morgan fingerprint density at radius 1 is 0.941 bits per heavy atom. The first-order valence-corrected chi connectivity index (χ1v) is 10.7. The second kappa shape index (κ2) is 8.32. The first kappa shape index (κ1) is 21.1. The third-order valence-corrected chi connectivity index (χ3v) is 5.83. The van der Waals surface area contributed by atoms with Gasteiger partial charge in [0.2, 0.25) is 11.8 Å². The van der Waals surface area contributed by atoms with Gasteiger partial charge in [-0.25, -0.2) is 14.0 Å². The molecule has 0 saturated heterocycles. The van der Waals surface area contributed by atoms with Crippen LogP contribution in [0, 0.1) is 0 Å². The normalized spacial score (nSPS) is 11.1. The van der Waals surface area contributed by atoms with Crippen LogP contribution in [-0.4, -0.2) is 30.7 Å². The summed E-state index contributed by atoms with van der Waals surface area (Å²) >= 11 is 0. The van der Waals surface area contributed by atoms with E-state index in [0.29, 0.717) is 5.56 Å². The van der Waals surface area contributed by atoms with Crippen molar-refractivity contribution in [2.45, 2.75) is 6.42 Å². The highest BCUT2D eigenvalue weighted by atomic mass is 16.2. The van der Waals surface area contributed by atoms with Crippen LogP contribution < -0.4 is 11.4 Å². The van der Waals surface area contributed by atoms with Crippen LogP contribution in [0.1, 0.15) is 20.7 Å². The number of nitrogens with zero attached hydrogens (tertiary/aromatic N) is 4. The van der Waals surface area contributed by atoms with Crippen molar-refractivity contribution in [1.29, 1.82) is 0 Å². The maximum absolute atomic E-state index is 13.1. The molecule has 0 saturated carbocycles. The van der Waals surface area contributed by atoms with Crippen molar-refractivity contribution in [3.8, 4) is 16.8 Å². The number of benzene rings is 3. The summed E-state index contributed by atoms with van der Waals surface area (Å²) in [5.41, 5.74) is 9.65. The van der Waals surface area contributed by atoms with E-state index in [0.717, 1.165) is 33.3 Å². The average Bonchev–Trinajstić information content (AvgIpc) is 3.42. The highest BCUT2D eigenvalue weighted by Crippen LogP contribution is 2.26. The minimum atomic E-state index is -0.523. The lowest BCUT2D eigenvalue weighted by atomic mass is 10.0. The van der Waals surface area contributed by atoms with Crippen LogP contribution >= 0.6 is 0 Å². The predicted octanol–water partition coefficient (Wildman–Crippen LogP) is 3.17. The first-order valence-electron chi connectivity index (χ1n) is 10.7. The van der Waals surface area contributed by atoms with Crippen molar-refractivity contribution < 1.29 is 9.59 Å². The number of hydrogen-bond acceptors (Lipinski definition) is 4. The summed E-state index contributed by atoms with van der Waals surface area (Å²) in [6, 6.07) is 22.2. The predicted molar refractivity (Wildman–Crippen MR) is 129 cm³/mol. The van der Waals surface area contributed by atoms with Crippen molar-refractivity contribution in [2.75, 3.05) is 0 Å². The van der Waals surface area contributed by atoms with E-state index in [9.17, 15) is 14.4 Å². The highest BCUT2D eigenvalue weighted by molar-refractivity contribution is 5.96. The first-order chi connectivity index (χ1) is 16.4. The van der Waals surface area contributed by atoms with Gasteiger partial charge in [0.15, 0.2) is 0 Å². The molecule has 5 aromatic rings. The zero-order valence-electron chi connectivity index (χ0n) is 18.4.